The van der Waals surface area contributed by atoms with Gasteiger partial charge in [0.05, 0.1) is 7.11 Å². The van der Waals surface area contributed by atoms with Crippen molar-refractivity contribution in [1.82, 2.24) is 0 Å². The molecule has 0 amide bonds. The van der Waals surface area contributed by atoms with Crippen LogP contribution in [0.3, 0.4) is 0 Å². The SMILES string of the molecule is COc1ccc(C(O)c2cc(O[Si](C)(C)C(C)(C)C)cc(O[Si](C)(C)C(C)(C)C)c2)cc1. The fraction of sp³-hybridized carbons (Fsp3) is 0.538. The molecular weight excluding hydrogens is 432 g/mol. The van der Waals surface area contributed by atoms with Gasteiger partial charge in [-0.25, -0.2) is 0 Å². The minimum atomic E-state index is -2.06. The van der Waals surface area contributed by atoms with E-state index in [1.54, 1.807) is 7.11 Å². The molecule has 0 spiro atoms. The molecule has 0 aliphatic carbocycles. The van der Waals surface area contributed by atoms with Crippen molar-refractivity contribution in [1.29, 1.82) is 0 Å². The zero-order chi connectivity index (χ0) is 24.5. The second kappa shape index (κ2) is 9.23. The average molecular weight is 475 g/mol. The Morgan fingerprint density at radius 1 is 0.656 bits per heavy atom. The van der Waals surface area contributed by atoms with E-state index < -0.39 is 22.7 Å². The average Bonchev–Trinajstić information content (AvgIpc) is 2.64. The highest BCUT2D eigenvalue weighted by atomic mass is 28.4. The number of hydrogen-bond acceptors (Lipinski definition) is 4. The molecule has 0 fully saturated rings. The van der Waals surface area contributed by atoms with Crippen molar-refractivity contribution in [2.75, 3.05) is 7.11 Å². The zero-order valence-corrected chi connectivity index (χ0v) is 23.8. The minimum Gasteiger partial charge on any atom is -0.543 e. The summed E-state index contributed by atoms with van der Waals surface area (Å²) in [5.41, 5.74) is 1.56. The third kappa shape index (κ3) is 6.17. The van der Waals surface area contributed by atoms with Gasteiger partial charge < -0.3 is 18.7 Å². The van der Waals surface area contributed by atoms with E-state index in [4.69, 9.17) is 13.6 Å². The Hall–Kier alpha value is -1.77. The highest BCUT2D eigenvalue weighted by Gasteiger charge is 2.40. The monoisotopic (exact) mass is 474 g/mol. The van der Waals surface area contributed by atoms with Crippen LogP contribution in [-0.4, -0.2) is 28.9 Å². The Morgan fingerprint density at radius 2 is 1.06 bits per heavy atom. The van der Waals surface area contributed by atoms with Crippen molar-refractivity contribution >= 4 is 16.6 Å². The molecular formula is C26H42O4Si2. The Morgan fingerprint density at radius 3 is 1.41 bits per heavy atom. The molecule has 2 rings (SSSR count). The largest absolute Gasteiger partial charge is 0.543 e. The van der Waals surface area contributed by atoms with Gasteiger partial charge in [-0.15, -0.1) is 0 Å². The Labute approximate surface area is 197 Å². The lowest BCUT2D eigenvalue weighted by Gasteiger charge is -2.38. The van der Waals surface area contributed by atoms with Crippen LogP contribution in [0.2, 0.25) is 36.3 Å². The molecule has 32 heavy (non-hydrogen) atoms. The third-order valence-corrected chi connectivity index (χ3v) is 15.7. The Bertz CT molecular complexity index is 861. The highest BCUT2D eigenvalue weighted by molar-refractivity contribution is 6.75. The van der Waals surface area contributed by atoms with E-state index in [1.807, 2.05) is 42.5 Å². The van der Waals surface area contributed by atoms with Crippen LogP contribution in [0.4, 0.5) is 0 Å². The lowest BCUT2D eigenvalue weighted by molar-refractivity contribution is 0.219. The van der Waals surface area contributed by atoms with E-state index in [9.17, 15) is 5.11 Å². The van der Waals surface area contributed by atoms with Crippen LogP contribution in [0.25, 0.3) is 0 Å². The summed E-state index contributed by atoms with van der Waals surface area (Å²) >= 11 is 0. The predicted octanol–water partition coefficient (Wildman–Crippen LogP) is 7.54. The van der Waals surface area contributed by atoms with Crippen molar-refractivity contribution in [3.63, 3.8) is 0 Å². The van der Waals surface area contributed by atoms with Crippen molar-refractivity contribution in [3.8, 4) is 17.2 Å². The van der Waals surface area contributed by atoms with Crippen LogP contribution in [0.5, 0.6) is 17.2 Å². The van der Waals surface area contributed by atoms with E-state index in [2.05, 4.69) is 67.7 Å². The van der Waals surface area contributed by atoms with Gasteiger partial charge in [-0.3, -0.25) is 0 Å². The number of ether oxygens (including phenoxy) is 1. The summed E-state index contributed by atoms with van der Waals surface area (Å²) in [6.07, 6.45) is -0.786. The molecule has 2 aromatic carbocycles. The fourth-order valence-corrected chi connectivity index (χ4v) is 4.77. The van der Waals surface area contributed by atoms with Gasteiger partial charge in [0.2, 0.25) is 16.6 Å². The maximum atomic E-state index is 11.2. The van der Waals surface area contributed by atoms with Crippen molar-refractivity contribution in [2.45, 2.75) is 83.9 Å². The fourth-order valence-electron chi connectivity index (χ4n) is 2.74. The molecule has 1 unspecified atom stereocenters. The van der Waals surface area contributed by atoms with Crippen molar-refractivity contribution < 1.29 is 18.7 Å². The molecule has 2 aromatic rings. The molecule has 0 heterocycles. The number of benzene rings is 2. The molecule has 0 aromatic heterocycles. The summed E-state index contributed by atoms with van der Waals surface area (Å²) < 4.78 is 18.5. The smallest absolute Gasteiger partial charge is 0.250 e. The first-order valence-corrected chi connectivity index (χ1v) is 17.1. The molecule has 1 N–H and O–H groups in total. The zero-order valence-electron chi connectivity index (χ0n) is 21.8. The molecule has 6 heteroatoms. The van der Waals surface area contributed by atoms with E-state index >= 15 is 0 Å². The molecule has 178 valence electrons. The van der Waals surface area contributed by atoms with Gasteiger partial charge in [-0.05, 0) is 71.7 Å². The topological polar surface area (TPSA) is 47.9 Å². The molecule has 0 aliphatic heterocycles. The first-order chi connectivity index (χ1) is 14.5. The normalized spacial score (nSPS) is 14.1. The number of aliphatic hydroxyl groups excluding tert-OH is 1. The van der Waals surface area contributed by atoms with Crippen LogP contribution in [-0.2, 0) is 0 Å². The van der Waals surface area contributed by atoms with Crippen LogP contribution in [0, 0.1) is 0 Å². The number of aliphatic hydroxyl groups is 1. The Kier molecular flexibility index (Phi) is 7.64. The van der Waals surface area contributed by atoms with Crippen LogP contribution in [0.1, 0.15) is 58.8 Å². The van der Waals surface area contributed by atoms with Gasteiger partial charge in [0.1, 0.15) is 23.4 Å². The molecule has 0 saturated heterocycles. The predicted molar refractivity (Wildman–Crippen MR) is 139 cm³/mol. The van der Waals surface area contributed by atoms with Crippen LogP contribution < -0.4 is 13.6 Å². The minimum absolute atomic E-state index is 0.0675. The lowest BCUT2D eigenvalue weighted by atomic mass is 10.0. The van der Waals surface area contributed by atoms with E-state index in [0.717, 1.165) is 28.4 Å². The molecule has 0 aliphatic rings. The van der Waals surface area contributed by atoms with Gasteiger partial charge in [-0.1, -0.05) is 53.7 Å². The summed E-state index contributed by atoms with van der Waals surface area (Å²) in [6, 6.07) is 13.4. The molecule has 4 nitrogen and oxygen atoms in total. The standard InChI is InChI=1S/C26H42O4Si2/c1-25(2,3)31(8,9)29-22-16-20(24(27)19-12-14-21(28-7)15-13-19)17-23(18-22)30-32(10,11)26(4,5)6/h12-18,24,27H,1-11H3. The summed E-state index contributed by atoms with van der Waals surface area (Å²) in [6.45, 7) is 22.3. The molecule has 0 bridgehead atoms. The first kappa shape index (κ1) is 26.5. The highest BCUT2D eigenvalue weighted by Crippen LogP contribution is 2.42. The second-order valence-corrected chi connectivity index (χ2v) is 21.1. The summed E-state index contributed by atoms with van der Waals surface area (Å²) in [4.78, 5) is 0. The molecule has 1 atom stereocenters. The third-order valence-electron chi connectivity index (χ3n) is 7.01. The summed E-state index contributed by atoms with van der Waals surface area (Å²) in [5, 5.41) is 11.3. The quantitative estimate of drug-likeness (QED) is 0.421. The van der Waals surface area contributed by atoms with Crippen LogP contribution in [0.15, 0.2) is 42.5 Å². The van der Waals surface area contributed by atoms with Crippen molar-refractivity contribution in [2.24, 2.45) is 0 Å². The Balaban J connectivity index is 2.52. The van der Waals surface area contributed by atoms with Gasteiger partial charge in [0, 0.05) is 6.07 Å². The van der Waals surface area contributed by atoms with Gasteiger partial charge in [0.15, 0.2) is 0 Å². The first-order valence-electron chi connectivity index (χ1n) is 11.3. The molecule has 0 saturated carbocycles. The van der Waals surface area contributed by atoms with Crippen LogP contribution >= 0.6 is 0 Å². The lowest BCUT2D eigenvalue weighted by Crippen LogP contribution is -2.44. The van der Waals surface area contributed by atoms with E-state index in [-0.39, 0.29) is 10.1 Å². The maximum Gasteiger partial charge on any atom is 0.250 e. The summed E-state index contributed by atoms with van der Waals surface area (Å²) in [7, 11) is -2.47. The summed E-state index contributed by atoms with van der Waals surface area (Å²) in [5.74, 6) is 2.28. The number of rotatable bonds is 7. The van der Waals surface area contributed by atoms with Gasteiger partial charge in [0.25, 0.3) is 0 Å². The van der Waals surface area contributed by atoms with E-state index in [0.29, 0.717) is 0 Å². The maximum absolute atomic E-state index is 11.2. The molecule has 0 radical (unpaired) electrons. The van der Waals surface area contributed by atoms with Gasteiger partial charge >= 0.3 is 0 Å². The number of hydrogen-bond donors (Lipinski definition) is 1. The van der Waals surface area contributed by atoms with E-state index in [1.165, 1.54) is 0 Å². The van der Waals surface area contributed by atoms with Gasteiger partial charge in [-0.2, -0.15) is 0 Å². The number of methoxy groups -OCH3 is 1. The van der Waals surface area contributed by atoms with Crippen molar-refractivity contribution in [3.05, 3.63) is 53.6 Å². The second-order valence-electron chi connectivity index (χ2n) is 11.6.